The number of nitrogens with zero attached hydrogens (tertiary/aromatic N) is 2. The number of anilines is 1. The first-order chi connectivity index (χ1) is 18.7. The van der Waals surface area contributed by atoms with Gasteiger partial charge in [-0.25, -0.2) is 4.79 Å². The summed E-state index contributed by atoms with van der Waals surface area (Å²) in [6.07, 6.45) is 9.79. The number of rotatable bonds is 1. The van der Waals surface area contributed by atoms with Crippen molar-refractivity contribution in [3.05, 3.63) is 70.3 Å². The summed E-state index contributed by atoms with van der Waals surface area (Å²) in [6.45, 7) is 3.80. The largest absolute Gasteiger partial charge is 0.490 e. The quantitative estimate of drug-likeness (QED) is 0.488. The predicted molar refractivity (Wildman–Crippen MR) is 152 cm³/mol. The molecule has 208 valence electrons. The molecule has 1 amide bonds. The van der Waals surface area contributed by atoms with Gasteiger partial charge in [-0.15, -0.1) is 0 Å². The van der Waals surface area contributed by atoms with Gasteiger partial charge in [-0.2, -0.15) is 0 Å². The summed E-state index contributed by atoms with van der Waals surface area (Å²) in [5.74, 6) is -2.42. The van der Waals surface area contributed by atoms with Crippen LogP contribution in [-0.4, -0.2) is 60.3 Å². The molecule has 3 atom stereocenters. The SMILES string of the molecule is C[C@H]1C(=O)N(C)C/C=C/CCCCN2C[C@@]3(CCCc4cc(Cl)ccc43)COc3ccc(cc32)[C@]1(O)C(=O)O. The maximum Gasteiger partial charge on any atom is 0.341 e. The minimum Gasteiger partial charge on any atom is -0.490 e. The molecule has 0 saturated carbocycles. The van der Waals surface area contributed by atoms with Crippen molar-refractivity contribution in [1.29, 1.82) is 0 Å². The van der Waals surface area contributed by atoms with Crippen LogP contribution in [0.15, 0.2) is 48.6 Å². The summed E-state index contributed by atoms with van der Waals surface area (Å²) < 4.78 is 6.48. The van der Waals surface area contributed by atoms with Crippen LogP contribution < -0.4 is 9.64 Å². The molecule has 7 nitrogen and oxygen atoms in total. The van der Waals surface area contributed by atoms with Gasteiger partial charge >= 0.3 is 5.97 Å². The van der Waals surface area contributed by atoms with Crippen molar-refractivity contribution < 1.29 is 24.5 Å². The van der Waals surface area contributed by atoms with Gasteiger partial charge in [-0.3, -0.25) is 4.79 Å². The van der Waals surface area contributed by atoms with Gasteiger partial charge in [0.25, 0.3) is 0 Å². The molecule has 1 aliphatic carbocycles. The van der Waals surface area contributed by atoms with Crippen molar-refractivity contribution in [2.24, 2.45) is 5.92 Å². The Morgan fingerprint density at radius 3 is 2.74 bits per heavy atom. The van der Waals surface area contributed by atoms with Crippen LogP contribution in [0.25, 0.3) is 0 Å². The molecule has 0 aromatic heterocycles. The van der Waals surface area contributed by atoms with Crippen LogP contribution in [0.2, 0.25) is 5.02 Å². The van der Waals surface area contributed by atoms with E-state index in [1.165, 1.54) is 23.0 Å². The maximum atomic E-state index is 13.2. The molecule has 1 spiro atoms. The number of hydrogen-bond acceptors (Lipinski definition) is 5. The fourth-order valence-electron chi connectivity index (χ4n) is 6.46. The molecule has 2 aromatic carbocycles. The molecule has 0 fully saturated rings. The van der Waals surface area contributed by atoms with E-state index in [1.807, 2.05) is 12.1 Å². The van der Waals surface area contributed by atoms with Gasteiger partial charge in [0, 0.05) is 37.1 Å². The molecule has 0 unspecified atom stereocenters. The second-order valence-electron chi connectivity index (χ2n) is 11.3. The van der Waals surface area contributed by atoms with E-state index in [9.17, 15) is 19.8 Å². The molecular weight excluding hydrogens is 516 g/mol. The zero-order valence-electron chi connectivity index (χ0n) is 22.7. The van der Waals surface area contributed by atoms with E-state index in [1.54, 1.807) is 25.2 Å². The molecule has 2 aliphatic heterocycles. The molecule has 39 heavy (non-hydrogen) atoms. The Morgan fingerprint density at radius 2 is 1.95 bits per heavy atom. The van der Waals surface area contributed by atoms with Gasteiger partial charge in [0.2, 0.25) is 5.91 Å². The van der Waals surface area contributed by atoms with Crippen molar-refractivity contribution in [2.75, 3.05) is 38.2 Å². The number of carbonyl (C=O) groups is 2. The second kappa shape index (κ2) is 10.9. The lowest BCUT2D eigenvalue weighted by Crippen LogP contribution is -2.49. The number of hydrogen-bond donors (Lipinski definition) is 2. The highest BCUT2D eigenvalue weighted by Gasteiger charge is 2.49. The molecule has 0 radical (unpaired) electrons. The van der Waals surface area contributed by atoms with Gasteiger partial charge in [0.05, 0.1) is 18.2 Å². The van der Waals surface area contributed by atoms with Crippen LogP contribution >= 0.6 is 11.6 Å². The number of aliphatic carboxylic acids is 1. The van der Waals surface area contributed by atoms with Gasteiger partial charge in [0.1, 0.15) is 5.75 Å². The maximum absolute atomic E-state index is 13.2. The summed E-state index contributed by atoms with van der Waals surface area (Å²) in [7, 11) is 1.63. The summed E-state index contributed by atoms with van der Waals surface area (Å²) in [6, 6.07) is 11.2. The monoisotopic (exact) mass is 552 g/mol. The Labute approximate surface area is 235 Å². The number of carbonyl (C=O) groups excluding carboxylic acids is 1. The lowest BCUT2D eigenvalue weighted by molar-refractivity contribution is -0.172. The van der Waals surface area contributed by atoms with E-state index < -0.39 is 23.4 Å². The van der Waals surface area contributed by atoms with E-state index in [4.69, 9.17) is 16.3 Å². The van der Waals surface area contributed by atoms with Crippen molar-refractivity contribution in [1.82, 2.24) is 4.90 Å². The Morgan fingerprint density at radius 1 is 1.13 bits per heavy atom. The first kappa shape index (κ1) is 27.5. The zero-order chi connectivity index (χ0) is 27.8. The summed E-state index contributed by atoms with van der Waals surface area (Å²) in [5.41, 5.74) is 0.805. The van der Waals surface area contributed by atoms with Gasteiger partial charge in [-0.1, -0.05) is 35.9 Å². The fourth-order valence-corrected chi connectivity index (χ4v) is 6.66. The third kappa shape index (κ3) is 5.03. The smallest absolute Gasteiger partial charge is 0.341 e. The van der Waals surface area contributed by atoms with Crippen molar-refractivity contribution in [3.63, 3.8) is 0 Å². The number of allylic oxidation sites excluding steroid dienone is 1. The van der Waals surface area contributed by atoms with E-state index >= 15 is 0 Å². The number of halogens is 1. The Hall–Kier alpha value is -3.03. The number of ether oxygens (including phenoxy) is 1. The van der Waals surface area contributed by atoms with Crippen LogP contribution in [-0.2, 0) is 27.0 Å². The summed E-state index contributed by atoms with van der Waals surface area (Å²) >= 11 is 6.35. The molecule has 8 heteroatoms. The number of aliphatic hydroxyl groups is 1. The van der Waals surface area contributed by atoms with E-state index in [0.29, 0.717) is 25.4 Å². The van der Waals surface area contributed by atoms with Crippen LogP contribution in [0, 0.1) is 5.92 Å². The number of aryl methyl sites for hydroxylation is 1. The zero-order valence-corrected chi connectivity index (χ0v) is 23.4. The van der Waals surface area contributed by atoms with Gasteiger partial charge < -0.3 is 24.7 Å². The number of carboxylic acid groups (broad SMARTS) is 1. The Balaban J connectivity index is 1.61. The normalized spacial score (nSPS) is 28.5. The highest BCUT2D eigenvalue weighted by Crippen LogP contribution is 2.46. The lowest BCUT2D eigenvalue weighted by Gasteiger charge is -2.41. The average Bonchev–Trinajstić information content (AvgIpc) is 3.07. The van der Waals surface area contributed by atoms with Crippen molar-refractivity contribution in [2.45, 2.75) is 56.5 Å². The molecule has 0 saturated heterocycles. The lowest BCUT2D eigenvalue weighted by atomic mass is 9.70. The standard InChI is InChI=1S/C31H37ClN2O5/c1-21-28(35)33(2)15-6-4-3-5-7-16-34-19-30(14-8-9-22-17-24(32)11-12-25(22)30)20-39-27-13-10-23(18-26(27)34)31(21,38)29(36)37/h4,6,10-13,17-18,21,38H,3,5,7-9,14-16,19-20H2,1-2H3,(H,36,37)/b6-4+/t21-,30-,31-/m0/s1. The molecule has 3 aliphatic rings. The Kier molecular flexibility index (Phi) is 7.66. The molecule has 5 rings (SSSR count). The molecule has 2 N–H and O–H groups in total. The third-order valence-electron chi connectivity index (χ3n) is 8.77. The van der Waals surface area contributed by atoms with Crippen molar-refractivity contribution >= 4 is 29.2 Å². The van der Waals surface area contributed by atoms with E-state index in [-0.39, 0.29) is 11.0 Å². The van der Waals surface area contributed by atoms with Crippen LogP contribution in [0.3, 0.4) is 0 Å². The van der Waals surface area contributed by atoms with Crippen LogP contribution in [0.1, 0.15) is 55.7 Å². The number of benzene rings is 2. The summed E-state index contributed by atoms with van der Waals surface area (Å²) in [5, 5.41) is 22.6. The molecule has 2 aromatic rings. The van der Waals surface area contributed by atoms with Crippen LogP contribution in [0.4, 0.5) is 5.69 Å². The second-order valence-corrected chi connectivity index (χ2v) is 11.7. The minimum atomic E-state index is -2.39. The Bertz CT molecular complexity index is 1300. The molecular formula is C31H37ClN2O5. The fraction of sp³-hybridized carbons (Fsp3) is 0.484. The predicted octanol–water partition coefficient (Wildman–Crippen LogP) is 4.92. The highest BCUT2D eigenvalue weighted by atomic mass is 35.5. The number of likely N-dealkylation sites (N-methyl/N-ethyl adjacent to an activating group) is 1. The number of amides is 1. The average molecular weight is 553 g/mol. The van der Waals surface area contributed by atoms with E-state index in [0.717, 1.165) is 55.8 Å². The van der Waals surface area contributed by atoms with Gasteiger partial charge in [0.15, 0.2) is 5.60 Å². The molecule has 2 bridgehead atoms. The van der Waals surface area contributed by atoms with Gasteiger partial charge in [-0.05, 0) is 86.4 Å². The highest BCUT2D eigenvalue weighted by molar-refractivity contribution is 6.30. The third-order valence-corrected chi connectivity index (χ3v) is 9.01. The number of carboxylic acids is 1. The minimum absolute atomic E-state index is 0.175. The van der Waals surface area contributed by atoms with Crippen LogP contribution in [0.5, 0.6) is 5.75 Å². The first-order valence-electron chi connectivity index (χ1n) is 13.8. The van der Waals surface area contributed by atoms with Crippen molar-refractivity contribution in [3.8, 4) is 5.75 Å². The number of fused-ring (bicyclic) bond motifs is 3. The summed E-state index contributed by atoms with van der Waals surface area (Å²) in [4.78, 5) is 29.5. The van der Waals surface area contributed by atoms with E-state index in [2.05, 4.69) is 23.1 Å². The first-order valence-corrected chi connectivity index (χ1v) is 14.2. The molecule has 2 heterocycles. The topological polar surface area (TPSA) is 90.3 Å².